The van der Waals surface area contributed by atoms with E-state index in [-0.39, 0.29) is 18.3 Å². The first-order chi connectivity index (χ1) is 6.06. The number of methoxy groups -OCH3 is 1. The molecule has 0 radical (unpaired) electrons. The highest BCUT2D eigenvalue weighted by Crippen LogP contribution is 1.81. The lowest BCUT2D eigenvalue weighted by atomic mass is 10.4. The number of ether oxygens (including phenoxy) is 1. The van der Waals surface area contributed by atoms with Crippen LogP contribution in [-0.4, -0.2) is 51.1 Å². The van der Waals surface area contributed by atoms with E-state index >= 15 is 0 Å². The molecule has 0 atom stereocenters. The second-order valence-electron chi connectivity index (χ2n) is 2.91. The zero-order valence-electron chi connectivity index (χ0n) is 8.29. The maximum absolute atomic E-state index is 11.0. The third-order valence-corrected chi connectivity index (χ3v) is 1.34. The van der Waals surface area contributed by atoms with Crippen molar-refractivity contribution in [3.8, 4) is 0 Å². The molecule has 0 aromatic heterocycles. The van der Waals surface area contributed by atoms with Crippen molar-refractivity contribution >= 4 is 11.9 Å². The lowest BCUT2D eigenvalue weighted by molar-refractivity contribution is -0.140. The number of esters is 1. The van der Waals surface area contributed by atoms with Crippen LogP contribution in [0.2, 0.25) is 0 Å². The molecule has 0 aliphatic heterocycles. The maximum Gasteiger partial charge on any atom is 0.307 e. The lowest BCUT2D eigenvalue weighted by Gasteiger charge is -2.09. The van der Waals surface area contributed by atoms with Gasteiger partial charge in [0.1, 0.15) is 0 Å². The number of hydrogen-bond acceptors (Lipinski definition) is 4. The average molecular weight is 188 g/mol. The first-order valence-electron chi connectivity index (χ1n) is 4.04. The second kappa shape index (κ2) is 6.42. The Morgan fingerprint density at radius 1 is 1.38 bits per heavy atom. The van der Waals surface area contributed by atoms with Gasteiger partial charge in [0.2, 0.25) is 5.91 Å². The minimum atomic E-state index is -0.315. The van der Waals surface area contributed by atoms with Gasteiger partial charge in [-0.05, 0) is 14.1 Å². The Labute approximate surface area is 78.0 Å². The topological polar surface area (TPSA) is 58.6 Å². The van der Waals surface area contributed by atoms with Crippen molar-refractivity contribution in [3.05, 3.63) is 0 Å². The summed E-state index contributed by atoms with van der Waals surface area (Å²) in [5.41, 5.74) is 0. The molecule has 0 heterocycles. The van der Waals surface area contributed by atoms with Gasteiger partial charge in [-0.25, -0.2) is 0 Å². The van der Waals surface area contributed by atoms with Crippen LogP contribution in [0, 0.1) is 0 Å². The first kappa shape index (κ1) is 11.9. The first-order valence-corrected chi connectivity index (χ1v) is 4.04. The zero-order valence-corrected chi connectivity index (χ0v) is 8.29. The van der Waals surface area contributed by atoms with Crippen LogP contribution >= 0.6 is 0 Å². The highest BCUT2D eigenvalue weighted by atomic mass is 16.5. The van der Waals surface area contributed by atoms with E-state index in [1.807, 2.05) is 0 Å². The normalized spacial score (nSPS) is 9.85. The molecule has 5 nitrogen and oxygen atoms in total. The Balaban J connectivity index is 3.42. The summed E-state index contributed by atoms with van der Waals surface area (Å²) in [6, 6.07) is 0. The molecule has 0 aliphatic rings. The van der Waals surface area contributed by atoms with Crippen LogP contribution < -0.4 is 5.32 Å². The van der Waals surface area contributed by atoms with Crippen molar-refractivity contribution < 1.29 is 14.3 Å². The van der Waals surface area contributed by atoms with Crippen molar-refractivity contribution in [2.45, 2.75) is 6.42 Å². The molecule has 0 saturated carbocycles. The molecule has 0 aliphatic carbocycles. The molecule has 1 amide bonds. The summed E-state index contributed by atoms with van der Waals surface area (Å²) in [6.07, 6.45) is 0.218. The van der Waals surface area contributed by atoms with Crippen molar-refractivity contribution in [1.29, 1.82) is 0 Å². The smallest absolute Gasteiger partial charge is 0.307 e. The quantitative estimate of drug-likeness (QED) is 0.575. The van der Waals surface area contributed by atoms with Crippen molar-refractivity contribution in [2.75, 3.05) is 34.3 Å². The number of rotatable bonds is 5. The van der Waals surface area contributed by atoms with Crippen LogP contribution in [0.3, 0.4) is 0 Å². The number of nitrogens with one attached hydrogen (secondary N) is 1. The second-order valence-corrected chi connectivity index (χ2v) is 2.91. The Hall–Kier alpha value is -1.10. The summed E-state index contributed by atoms with van der Waals surface area (Å²) >= 11 is 0. The van der Waals surface area contributed by atoms with Gasteiger partial charge in [0, 0.05) is 6.54 Å². The zero-order chi connectivity index (χ0) is 10.3. The number of hydrogen-bond donors (Lipinski definition) is 1. The fraction of sp³-hybridized carbons (Fsp3) is 0.750. The fourth-order valence-electron chi connectivity index (χ4n) is 0.749. The molecule has 0 rings (SSSR count). The molecule has 0 saturated heterocycles. The molecular weight excluding hydrogens is 172 g/mol. The van der Waals surface area contributed by atoms with E-state index in [9.17, 15) is 9.59 Å². The van der Waals surface area contributed by atoms with Crippen LogP contribution in [-0.2, 0) is 14.3 Å². The lowest BCUT2D eigenvalue weighted by Crippen LogP contribution is -2.34. The summed E-state index contributed by atoms with van der Waals surface area (Å²) in [7, 11) is 4.93. The van der Waals surface area contributed by atoms with E-state index in [4.69, 9.17) is 0 Å². The van der Waals surface area contributed by atoms with Gasteiger partial charge < -0.3 is 15.0 Å². The van der Waals surface area contributed by atoms with E-state index in [0.29, 0.717) is 13.1 Å². The Kier molecular flexibility index (Phi) is 5.88. The standard InChI is InChI=1S/C8H16N2O3/c1-10(2)6-7(11)9-5-4-8(12)13-3/h4-6H2,1-3H3,(H,9,11). The van der Waals surface area contributed by atoms with E-state index in [1.54, 1.807) is 19.0 Å². The molecule has 0 unspecified atom stereocenters. The van der Waals surface area contributed by atoms with E-state index < -0.39 is 0 Å². The monoisotopic (exact) mass is 188 g/mol. The van der Waals surface area contributed by atoms with Crippen LogP contribution in [0.1, 0.15) is 6.42 Å². The molecule has 13 heavy (non-hydrogen) atoms. The molecule has 0 bridgehead atoms. The van der Waals surface area contributed by atoms with E-state index in [1.165, 1.54) is 7.11 Å². The molecule has 1 N–H and O–H groups in total. The molecule has 5 heteroatoms. The fourth-order valence-corrected chi connectivity index (χ4v) is 0.749. The minimum Gasteiger partial charge on any atom is -0.469 e. The Morgan fingerprint density at radius 2 is 2.00 bits per heavy atom. The van der Waals surface area contributed by atoms with Gasteiger partial charge in [-0.2, -0.15) is 0 Å². The molecule has 0 aromatic carbocycles. The third-order valence-electron chi connectivity index (χ3n) is 1.34. The van der Waals surface area contributed by atoms with Crippen LogP contribution in [0.5, 0.6) is 0 Å². The van der Waals surface area contributed by atoms with Crippen molar-refractivity contribution in [2.24, 2.45) is 0 Å². The van der Waals surface area contributed by atoms with Crippen molar-refractivity contribution in [1.82, 2.24) is 10.2 Å². The average Bonchev–Trinajstić information content (AvgIpc) is 2.02. The summed E-state index contributed by atoms with van der Waals surface area (Å²) in [6.45, 7) is 0.667. The predicted octanol–water partition coefficient (Wildman–Crippen LogP) is -0.773. The SMILES string of the molecule is COC(=O)CCNC(=O)CN(C)C. The molecule has 0 spiro atoms. The van der Waals surface area contributed by atoms with Gasteiger partial charge in [-0.1, -0.05) is 0 Å². The van der Waals surface area contributed by atoms with E-state index in [0.717, 1.165) is 0 Å². The predicted molar refractivity (Wildman–Crippen MR) is 48.2 cm³/mol. The largest absolute Gasteiger partial charge is 0.469 e. The highest BCUT2D eigenvalue weighted by molar-refractivity contribution is 5.78. The van der Waals surface area contributed by atoms with Gasteiger partial charge in [-0.3, -0.25) is 9.59 Å². The number of carbonyl (C=O) groups is 2. The van der Waals surface area contributed by atoms with Crippen LogP contribution in [0.25, 0.3) is 0 Å². The summed E-state index contributed by atoms with van der Waals surface area (Å²) in [4.78, 5) is 23.4. The van der Waals surface area contributed by atoms with Gasteiger partial charge in [0.05, 0.1) is 20.1 Å². The highest BCUT2D eigenvalue weighted by Gasteiger charge is 2.03. The third kappa shape index (κ3) is 7.27. The number of likely N-dealkylation sites (N-methyl/N-ethyl adjacent to an activating group) is 1. The number of amides is 1. The Bertz CT molecular complexity index is 180. The van der Waals surface area contributed by atoms with Gasteiger partial charge >= 0.3 is 5.97 Å². The minimum absolute atomic E-state index is 0.0890. The molecule has 76 valence electrons. The van der Waals surface area contributed by atoms with Gasteiger partial charge in [0.25, 0.3) is 0 Å². The maximum atomic E-state index is 11.0. The van der Waals surface area contributed by atoms with Crippen molar-refractivity contribution in [3.63, 3.8) is 0 Å². The molecule has 0 fully saturated rings. The van der Waals surface area contributed by atoms with Gasteiger partial charge in [0.15, 0.2) is 0 Å². The molecular formula is C8H16N2O3. The van der Waals surface area contributed by atoms with Crippen LogP contribution in [0.15, 0.2) is 0 Å². The van der Waals surface area contributed by atoms with Crippen LogP contribution in [0.4, 0.5) is 0 Å². The summed E-state index contributed by atoms with van der Waals surface area (Å²) < 4.78 is 4.41. The Morgan fingerprint density at radius 3 is 2.46 bits per heavy atom. The van der Waals surface area contributed by atoms with Gasteiger partial charge in [-0.15, -0.1) is 0 Å². The summed E-state index contributed by atoms with van der Waals surface area (Å²) in [5, 5.41) is 2.60. The number of carbonyl (C=O) groups excluding carboxylic acids is 2. The van der Waals surface area contributed by atoms with E-state index in [2.05, 4.69) is 10.1 Å². The molecule has 0 aromatic rings. The number of nitrogens with zero attached hydrogens (tertiary/aromatic N) is 1. The summed E-state index contributed by atoms with van der Waals surface area (Å²) in [5.74, 6) is -0.404.